The van der Waals surface area contributed by atoms with Crippen LogP contribution in [0.3, 0.4) is 0 Å². The zero-order valence-electron chi connectivity index (χ0n) is 11.2. The van der Waals surface area contributed by atoms with Gasteiger partial charge in [0.1, 0.15) is 5.82 Å². The summed E-state index contributed by atoms with van der Waals surface area (Å²) in [5.41, 5.74) is -0.0139. The standard InChI is InChI=1S/C14H13FN2O3S/c1-9(10-4-2-3-5-11(10)15)17-7-6-12(18)16-14(17)21-8-13(19)20/h2-7,9H,8H2,1H3,(H,19,20). The van der Waals surface area contributed by atoms with Gasteiger partial charge in [0.2, 0.25) is 0 Å². The number of carboxylic acid groups (broad SMARTS) is 1. The first kappa shape index (κ1) is 15.2. The lowest BCUT2D eigenvalue weighted by Gasteiger charge is -2.19. The molecular weight excluding hydrogens is 295 g/mol. The Bertz CT molecular complexity index is 717. The average Bonchev–Trinajstić information content (AvgIpc) is 2.45. The molecule has 1 heterocycles. The molecule has 0 aliphatic heterocycles. The zero-order chi connectivity index (χ0) is 15.4. The van der Waals surface area contributed by atoms with Gasteiger partial charge in [-0.05, 0) is 13.0 Å². The molecule has 110 valence electrons. The van der Waals surface area contributed by atoms with E-state index in [4.69, 9.17) is 5.11 Å². The number of halogens is 1. The molecule has 2 aromatic rings. The Morgan fingerprint density at radius 2 is 2.14 bits per heavy atom. The summed E-state index contributed by atoms with van der Waals surface area (Å²) >= 11 is 0.928. The lowest BCUT2D eigenvalue weighted by molar-refractivity contribution is -0.133. The highest BCUT2D eigenvalue weighted by molar-refractivity contribution is 7.99. The first-order chi connectivity index (χ1) is 9.99. The smallest absolute Gasteiger partial charge is 0.313 e. The third-order valence-electron chi connectivity index (χ3n) is 2.90. The summed E-state index contributed by atoms with van der Waals surface area (Å²) in [6.45, 7) is 1.76. The van der Waals surface area contributed by atoms with Gasteiger partial charge in [-0.3, -0.25) is 9.59 Å². The van der Waals surface area contributed by atoms with E-state index in [0.717, 1.165) is 11.8 Å². The van der Waals surface area contributed by atoms with E-state index in [1.807, 2.05) is 0 Å². The molecule has 0 saturated carbocycles. The molecule has 5 nitrogen and oxygen atoms in total. The van der Waals surface area contributed by atoms with Crippen LogP contribution in [0.15, 0.2) is 46.5 Å². The molecule has 1 N–H and O–H groups in total. The third-order valence-corrected chi connectivity index (χ3v) is 3.85. The minimum atomic E-state index is -1.01. The summed E-state index contributed by atoms with van der Waals surface area (Å²) in [6, 6.07) is 7.16. The Kier molecular flexibility index (Phi) is 4.74. The van der Waals surface area contributed by atoms with Crippen molar-refractivity contribution in [2.45, 2.75) is 18.1 Å². The minimum Gasteiger partial charge on any atom is -0.481 e. The molecule has 1 aromatic heterocycles. The van der Waals surface area contributed by atoms with Crippen molar-refractivity contribution < 1.29 is 14.3 Å². The van der Waals surface area contributed by atoms with Crippen molar-refractivity contribution in [2.75, 3.05) is 5.75 Å². The largest absolute Gasteiger partial charge is 0.481 e. The van der Waals surface area contributed by atoms with E-state index >= 15 is 0 Å². The van der Waals surface area contributed by atoms with E-state index in [-0.39, 0.29) is 16.7 Å². The fourth-order valence-corrected chi connectivity index (χ4v) is 2.66. The van der Waals surface area contributed by atoms with E-state index in [1.54, 1.807) is 29.7 Å². The van der Waals surface area contributed by atoms with Crippen LogP contribution >= 0.6 is 11.8 Å². The van der Waals surface area contributed by atoms with Gasteiger partial charge in [0.15, 0.2) is 5.16 Å². The van der Waals surface area contributed by atoms with Gasteiger partial charge in [-0.15, -0.1) is 0 Å². The van der Waals surface area contributed by atoms with Gasteiger partial charge in [-0.2, -0.15) is 4.98 Å². The minimum absolute atomic E-state index is 0.222. The Balaban J connectivity index is 2.40. The number of carbonyl (C=O) groups is 1. The van der Waals surface area contributed by atoms with Gasteiger partial charge in [0, 0.05) is 17.8 Å². The van der Waals surface area contributed by atoms with Crippen LogP contribution in [-0.2, 0) is 4.79 Å². The Hall–Kier alpha value is -2.15. The molecule has 0 saturated heterocycles. The Labute approximate surface area is 124 Å². The van der Waals surface area contributed by atoms with Crippen LogP contribution in [0.2, 0.25) is 0 Å². The molecular formula is C14H13FN2O3S. The number of hydrogen-bond donors (Lipinski definition) is 1. The molecule has 7 heteroatoms. The Morgan fingerprint density at radius 3 is 2.81 bits per heavy atom. The first-order valence-electron chi connectivity index (χ1n) is 6.17. The summed E-state index contributed by atoms with van der Waals surface area (Å²) in [7, 11) is 0. The summed E-state index contributed by atoms with van der Waals surface area (Å²) in [6.07, 6.45) is 1.50. The Morgan fingerprint density at radius 1 is 1.43 bits per heavy atom. The van der Waals surface area contributed by atoms with Crippen molar-refractivity contribution in [1.82, 2.24) is 9.55 Å². The molecule has 21 heavy (non-hydrogen) atoms. The second-order valence-corrected chi connectivity index (χ2v) is 5.28. The van der Waals surface area contributed by atoms with Gasteiger partial charge in [-0.1, -0.05) is 30.0 Å². The summed E-state index contributed by atoms with van der Waals surface area (Å²) in [4.78, 5) is 25.8. The van der Waals surface area contributed by atoms with Gasteiger partial charge in [-0.25, -0.2) is 4.39 Å². The maximum Gasteiger partial charge on any atom is 0.313 e. The fraction of sp³-hybridized carbons (Fsp3) is 0.214. The van der Waals surface area contributed by atoms with Crippen LogP contribution in [0, 0.1) is 5.82 Å². The monoisotopic (exact) mass is 308 g/mol. The molecule has 1 aromatic carbocycles. The number of aliphatic carboxylic acids is 1. The van der Waals surface area contributed by atoms with Crippen LogP contribution in [0.25, 0.3) is 0 Å². The highest BCUT2D eigenvalue weighted by Crippen LogP contribution is 2.25. The zero-order valence-corrected chi connectivity index (χ0v) is 12.0. The number of carboxylic acids is 1. The SMILES string of the molecule is CC(c1ccccc1F)n1ccc(=O)nc1SCC(=O)O. The summed E-state index contributed by atoms with van der Waals surface area (Å²) in [5, 5.41) is 8.99. The van der Waals surface area contributed by atoms with Crippen molar-refractivity contribution in [2.24, 2.45) is 0 Å². The predicted molar refractivity (Wildman–Crippen MR) is 77.1 cm³/mol. The van der Waals surface area contributed by atoms with Gasteiger partial charge >= 0.3 is 5.97 Å². The van der Waals surface area contributed by atoms with E-state index < -0.39 is 17.6 Å². The normalized spacial score (nSPS) is 12.1. The molecule has 0 amide bonds. The maximum atomic E-state index is 13.9. The number of benzene rings is 1. The number of aromatic nitrogens is 2. The highest BCUT2D eigenvalue weighted by Gasteiger charge is 2.16. The molecule has 0 radical (unpaired) electrons. The lowest BCUT2D eigenvalue weighted by Crippen LogP contribution is -2.18. The van der Waals surface area contributed by atoms with Crippen molar-refractivity contribution in [1.29, 1.82) is 0 Å². The van der Waals surface area contributed by atoms with E-state index in [9.17, 15) is 14.0 Å². The first-order valence-corrected chi connectivity index (χ1v) is 7.16. The fourth-order valence-electron chi connectivity index (χ4n) is 1.89. The lowest BCUT2D eigenvalue weighted by atomic mass is 10.1. The average molecular weight is 308 g/mol. The molecule has 0 spiro atoms. The second-order valence-electron chi connectivity index (χ2n) is 4.34. The molecule has 0 fully saturated rings. The van der Waals surface area contributed by atoms with Crippen LogP contribution in [0.5, 0.6) is 0 Å². The van der Waals surface area contributed by atoms with E-state index in [0.29, 0.717) is 5.56 Å². The quantitative estimate of drug-likeness (QED) is 0.677. The van der Waals surface area contributed by atoms with E-state index in [1.165, 1.54) is 18.3 Å². The molecule has 0 aliphatic rings. The number of nitrogens with zero attached hydrogens (tertiary/aromatic N) is 2. The number of hydrogen-bond acceptors (Lipinski definition) is 4. The summed E-state index contributed by atoms with van der Waals surface area (Å²) in [5.74, 6) is -1.60. The topological polar surface area (TPSA) is 72.2 Å². The van der Waals surface area contributed by atoms with Crippen LogP contribution < -0.4 is 5.56 Å². The van der Waals surface area contributed by atoms with Crippen molar-refractivity contribution in [3.8, 4) is 0 Å². The van der Waals surface area contributed by atoms with Gasteiger partial charge < -0.3 is 9.67 Å². The molecule has 0 bridgehead atoms. The van der Waals surface area contributed by atoms with Crippen LogP contribution in [0.4, 0.5) is 4.39 Å². The number of rotatable bonds is 5. The van der Waals surface area contributed by atoms with Gasteiger partial charge in [0.05, 0.1) is 11.8 Å². The molecule has 2 rings (SSSR count). The van der Waals surface area contributed by atoms with Crippen molar-refractivity contribution >= 4 is 17.7 Å². The van der Waals surface area contributed by atoms with Crippen LogP contribution in [0.1, 0.15) is 18.5 Å². The highest BCUT2D eigenvalue weighted by atomic mass is 32.2. The number of thioether (sulfide) groups is 1. The van der Waals surface area contributed by atoms with Crippen molar-refractivity contribution in [3.63, 3.8) is 0 Å². The van der Waals surface area contributed by atoms with E-state index in [2.05, 4.69) is 4.98 Å². The second kappa shape index (κ2) is 6.53. The predicted octanol–water partition coefficient (Wildman–Crippen LogP) is 2.17. The molecule has 0 aliphatic carbocycles. The van der Waals surface area contributed by atoms with Gasteiger partial charge in [0.25, 0.3) is 5.56 Å². The molecule has 1 atom stereocenters. The van der Waals surface area contributed by atoms with Crippen LogP contribution in [-0.4, -0.2) is 26.4 Å². The third kappa shape index (κ3) is 3.69. The molecule has 1 unspecified atom stereocenters. The maximum absolute atomic E-state index is 13.9. The van der Waals surface area contributed by atoms with Crippen molar-refractivity contribution in [3.05, 3.63) is 58.3 Å². The summed E-state index contributed by atoms with van der Waals surface area (Å²) < 4.78 is 15.4.